The van der Waals surface area contributed by atoms with Crippen molar-refractivity contribution in [1.82, 2.24) is 0 Å². The van der Waals surface area contributed by atoms with Gasteiger partial charge in [-0.05, 0) is 31.8 Å². The molecule has 0 heterocycles. The van der Waals surface area contributed by atoms with Gasteiger partial charge < -0.3 is 0 Å². The van der Waals surface area contributed by atoms with Crippen LogP contribution >= 0.6 is 0 Å². The molecule has 0 aliphatic heterocycles. The Hall–Kier alpha value is -0.780. The topological polar surface area (TPSA) is 0 Å². The summed E-state index contributed by atoms with van der Waals surface area (Å²) in [5.41, 5.74) is 2.94. The van der Waals surface area contributed by atoms with Crippen LogP contribution in [0.15, 0.2) is 35.5 Å². The lowest BCUT2D eigenvalue weighted by Gasteiger charge is -1.97. The highest BCUT2D eigenvalue weighted by molar-refractivity contribution is 5.30. The lowest BCUT2D eigenvalue weighted by atomic mass is 10.1. The van der Waals surface area contributed by atoms with E-state index >= 15 is 0 Å². The highest BCUT2D eigenvalue weighted by Gasteiger charge is 1.94. The van der Waals surface area contributed by atoms with Gasteiger partial charge in [0, 0.05) is 0 Å². The van der Waals surface area contributed by atoms with Crippen LogP contribution in [-0.4, -0.2) is 0 Å². The van der Waals surface area contributed by atoms with E-state index in [1.54, 1.807) is 0 Å². The van der Waals surface area contributed by atoms with Crippen LogP contribution in [0.3, 0.4) is 0 Å². The summed E-state index contributed by atoms with van der Waals surface area (Å²) < 4.78 is 0. The lowest BCUT2D eigenvalue weighted by Crippen LogP contribution is -1.77. The van der Waals surface area contributed by atoms with Crippen molar-refractivity contribution in [2.24, 2.45) is 0 Å². The fourth-order valence-electron chi connectivity index (χ4n) is 1.32. The predicted octanol–water partition coefficient (Wildman–Crippen LogP) is 5.67. The largest absolute Gasteiger partial charge is 0.0802 e. The molecule has 1 rings (SSSR count). The summed E-state index contributed by atoms with van der Waals surface area (Å²) in [5, 5.41) is 0. The fraction of sp³-hybridized carbons (Fsp3) is 0.600. The molecule has 15 heavy (non-hydrogen) atoms. The van der Waals surface area contributed by atoms with E-state index < -0.39 is 0 Å². The van der Waals surface area contributed by atoms with Crippen LogP contribution in [0.5, 0.6) is 0 Å². The Morgan fingerprint density at radius 2 is 1.87 bits per heavy atom. The second kappa shape index (κ2) is 11.3. The minimum atomic E-state index is 0. The SMILES string of the molecule is C.CC.CCCCC1=CC=C(C)CC=C1. The molecule has 0 N–H and O–H groups in total. The summed E-state index contributed by atoms with van der Waals surface area (Å²) in [5.74, 6) is 0. The maximum Gasteiger partial charge on any atom is -0.0135 e. The molecule has 0 aromatic rings. The molecule has 0 atom stereocenters. The van der Waals surface area contributed by atoms with E-state index in [1.807, 2.05) is 13.8 Å². The molecular formula is C15H28. The number of hydrogen-bond acceptors (Lipinski definition) is 0. The van der Waals surface area contributed by atoms with Crippen LogP contribution in [0.25, 0.3) is 0 Å². The van der Waals surface area contributed by atoms with Crippen LogP contribution in [0.1, 0.15) is 60.8 Å². The van der Waals surface area contributed by atoms with Crippen LogP contribution in [0, 0.1) is 0 Å². The van der Waals surface area contributed by atoms with Gasteiger partial charge in [-0.25, -0.2) is 0 Å². The molecule has 0 amide bonds. The van der Waals surface area contributed by atoms with Gasteiger partial charge in [0.2, 0.25) is 0 Å². The minimum Gasteiger partial charge on any atom is -0.0802 e. The van der Waals surface area contributed by atoms with Gasteiger partial charge in [-0.2, -0.15) is 0 Å². The van der Waals surface area contributed by atoms with E-state index in [0.29, 0.717) is 0 Å². The molecule has 0 saturated carbocycles. The first-order valence-corrected chi connectivity index (χ1v) is 5.86. The molecule has 88 valence electrons. The van der Waals surface area contributed by atoms with Crippen molar-refractivity contribution in [3.05, 3.63) is 35.5 Å². The zero-order chi connectivity index (χ0) is 10.8. The fourth-order valence-corrected chi connectivity index (χ4v) is 1.32. The van der Waals surface area contributed by atoms with Gasteiger partial charge in [0.15, 0.2) is 0 Å². The third kappa shape index (κ3) is 8.23. The van der Waals surface area contributed by atoms with Gasteiger partial charge in [-0.1, -0.05) is 64.5 Å². The summed E-state index contributed by atoms with van der Waals surface area (Å²) in [6.07, 6.45) is 14.0. The van der Waals surface area contributed by atoms with Crippen molar-refractivity contribution in [3.8, 4) is 0 Å². The average molecular weight is 208 g/mol. The standard InChI is InChI=1S/C12H18.C2H6.CH4/c1-3-4-7-12-8-5-6-11(2)9-10-12;1-2;/h5,8-10H,3-4,6-7H2,1-2H3;1-2H3;1H4. The lowest BCUT2D eigenvalue weighted by molar-refractivity contribution is 0.798. The molecule has 0 heteroatoms. The van der Waals surface area contributed by atoms with Crippen molar-refractivity contribution in [1.29, 1.82) is 0 Å². The maximum absolute atomic E-state index is 2.27. The Kier molecular flexibility index (Phi) is 12.5. The molecule has 0 nitrogen and oxygen atoms in total. The molecule has 0 radical (unpaired) electrons. The molecule has 0 aromatic heterocycles. The molecule has 0 spiro atoms. The normalized spacial score (nSPS) is 13.9. The van der Waals surface area contributed by atoms with E-state index in [9.17, 15) is 0 Å². The van der Waals surface area contributed by atoms with Crippen molar-refractivity contribution in [3.63, 3.8) is 0 Å². The first-order valence-electron chi connectivity index (χ1n) is 5.86. The van der Waals surface area contributed by atoms with Crippen LogP contribution in [0.4, 0.5) is 0 Å². The summed E-state index contributed by atoms with van der Waals surface area (Å²) >= 11 is 0. The zero-order valence-corrected chi connectivity index (χ0v) is 10.1. The predicted molar refractivity (Wildman–Crippen MR) is 73.2 cm³/mol. The van der Waals surface area contributed by atoms with E-state index in [1.165, 1.54) is 30.4 Å². The van der Waals surface area contributed by atoms with Crippen molar-refractivity contribution >= 4 is 0 Å². The number of allylic oxidation sites excluding steroid dienone is 6. The zero-order valence-electron chi connectivity index (χ0n) is 10.1. The van der Waals surface area contributed by atoms with Gasteiger partial charge in [-0.15, -0.1) is 0 Å². The highest BCUT2D eigenvalue weighted by atomic mass is 14.0. The molecule has 1 aliphatic rings. The number of rotatable bonds is 3. The van der Waals surface area contributed by atoms with Crippen LogP contribution in [0.2, 0.25) is 0 Å². The molecule has 0 aromatic carbocycles. The maximum atomic E-state index is 2.27. The summed E-state index contributed by atoms with van der Waals surface area (Å²) in [6.45, 7) is 8.42. The molecule has 0 unspecified atom stereocenters. The van der Waals surface area contributed by atoms with E-state index in [-0.39, 0.29) is 7.43 Å². The molecule has 1 aliphatic carbocycles. The third-order valence-corrected chi connectivity index (χ3v) is 2.17. The monoisotopic (exact) mass is 208 g/mol. The quantitative estimate of drug-likeness (QED) is 0.560. The molecule has 0 saturated heterocycles. The molecule has 0 fully saturated rings. The highest BCUT2D eigenvalue weighted by Crippen LogP contribution is 2.15. The third-order valence-electron chi connectivity index (χ3n) is 2.17. The number of hydrogen-bond donors (Lipinski definition) is 0. The van der Waals surface area contributed by atoms with Gasteiger partial charge in [-0.3, -0.25) is 0 Å². The van der Waals surface area contributed by atoms with Crippen molar-refractivity contribution < 1.29 is 0 Å². The Labute approximate surface area is 96.8 Å². The Bertz CT molecular complexity index is 216. The Morgan fingerprint density at radius 1 is 1.20 bits per heavy atom. The molecular weight excluding hydrogens is 180 g/mol. The van der Waals surface area contributed by atoms with Crippen molar-refractivity contribution in [2.45, 2.75) is 60.8 Å². The van der Waals surface area contributed by atoms with Gasteiger partial charge in [0.25, 0.3) is 0 Å². The Balaban J connectivity index is 0. The first kappa shape index (κ1) is 16.6. The summed E-state index contributed by atoms with van der Waals surface area (Å²) in [4.78, 5) is 0. The Morgan fingerprint density at radius 3 is 2.47 bits per heavy atom. The smallest absolute Gasteiger partial charge is 0.0135 e. The first-order chi connectivity index (χ1) is 6.83. The van der Waals surface area contributed by atoms with E-state index in [0.717, 1.165) is 6.42 Å². The van der Waals surface area contributed by atoms with Gasteiger partial charge in [0.1, 0.15) is 0 Å². The summed E-state index contributed by atoms with van der Waals surface area (Å²) in [7, 11) is 0. The van der Waals surface area contributed by atoms with Crippen LogP contribution in [-0.2, 0) is 0 Å². The van der Waals surface area contributed by atoms with Gasteiger partial charge >= 0.3 is 0 Å². The molecule has 0 bridgehead atoms. The van der Waals surface area contributed by atoms with Crippen molar-refractivity contribution in [2.75, 3.05) is 0 Å². The number of unbranched alkanes of at least 4 members (excludes halogenated alkanes) is 1. The minimum absolute atomic E-state index is 0. The van der Waals surface area contributed by atoms with E-state index in [2.05, 4.69) is 38.2 Å². The second-order valence-corrected chi connectivity index (χ2v) is 3.46. The average Bonchev–Trinajstić information content (AvgIpc) is 2.43. The van der Waals surface area contributed by atoms with Crippen LogP contribution < -0.4 is 0 Å². The van der Waals surface area contributed by atoms with Gasteiger partial charge in [0.05, 0.1) is 0 Å². The second-order valence-electron chi connectivity index (χ2n) is 3.46. The summed E-state index contributed by atoms with van der Waals surface area (Å²) in [6, 6.07) is 0. The van der Waals surface area contributed by atoms with E-state index in [4.69, 9.17) is 0 Å².